The van der Waals surface area contributed by atoms with E-state index in [1.807, 2.05) is 6.20 Å². The van der Waals surface area contributed by atoms with Gasteiger partial charge in [-0.1, -0.05) is 63.9 Å². The van der Waals surface area contributed by atoms with Gasteiger partial charge in [-0.15, -0.1) is 0 Å². The molecule has 0 unspecified atom stereocenters. The molecule has 0 bridgehead atoms. The third kappa shape index (κ3) is 5.31. The second kappa shape index (κ2) is 8.68. The molecule has 0 saturated carbocycles. The fourth-order valence-electron chi connectivity index (χ4n) is 3.48. The van der Waals surface area contributed by atoms with E-state index in [0.717, 1.165) is 32.0 Å². The summed E-state index contributed by atoms with van der Waals surface area (Å²) in [5, 5.41) is 3.53. The van der Waals surface area contributed by atoms with E-state index in [0.29, 0.717) is 0 Å². The zero-order valence-electron chi connectivity index (χ0n) is 16.6. The molecule has 0 atom stereocenters. The average molecular weight is 352 g/mol. The fraction of sp³-hybridized carbons (Fsp3) is 0.522. The molecule has 0 radical (unpaired) electrons. The molecule has 1 saturated heterocycles. The van der Waals surface area contributed by atoms with Crippen molar-refractivity contribution in [3.63, 3.8) is 0 Å². The third-order valence-electron chi connectivity index (χ3n) is 5.22. The quantitative estimate of drug-likeness (QED) is 0.817. The largest absolute Gasteiger partial charge is 0.357 e. The maximum absolute atomic E-state index is 4.69. The number of benzene rings is 1. The van der Waals surface area contributed by atoms with Crippen molar-refractivity contribution in [1.82, 2.24) is 10.3 Å². The van der Waals surface area contributed by atoms with Crippen molar-refractivity contribution in [2.75, 3.05) is 18.0 Å². The minimum atomic E-state index is 0.215. The minimum Gasteiger partial charge on any atom is -0.357 e. The van der Waals surface area contributed by atoms with Gasteiger partial charge in [0.25, 0.3) is 0 Å². The van der Waals surface area contributed by atoms with Crippen LogP contribution >= 0.6 is 0 Å². The van der Waals surface area contributed by atoms with Gasteiger partial charge in [0.2, 0.25) is 0 Å². The molecule has 3 rings (SSSR count). The van der Waals surface area contributed by atoms with E-state index in [-0.39, 0.29) is 5.41 Å². The second-order valence-electron chi connectivity index (χ2n) is 8.48. The van der Waals surface area contributed by atoms with Crippen LogP contribution in [0, 0.1) is 0 Å². The predicted octanol–water partition coefficient (Wildman–Crippen LogP) is 5.05. The molecule has 0 amide bonds. The van der Waals surface area contributed by atoms with E-state index < -0.39 is 0 Å². The molecule has 1 aliphatic rings. The van der Waals surface area contributed by atoms with Gasteiger partial charge in [-0.25, -0.2) is 4.98 Å². The first-order chi connectivity index (χ1) is 12.5. The first-order valence-electron chi connectivity index (χ1n) is 10.0. The predicted molar refractivity (Wildman–Crippen MR) is 111 cm³/mol. The van der Waals surface area contributed by atoms with Crippen molar-refractivity contribution in [3.8, 4) is 0 Å². The van der Waals surface area contributed by atoms with E-state index in [4.69, 9.17) is 4.98 Å². The summed E-state index contributed by atoms with van der Waals surface area (Å²) in [6.45, 7) is 10.8. The van der Waals surface area contributed by atoms with Gasteiger partial charge in [0.05, 0.1) is 0 Å². The molecule has 3 heteroatoms. The van der Waals surface area contributed by atoms with Gasteiger partial charge in [0, 0.05) is 32.4 Å². The summed E-state index contributed by atoms with van der Waals surface area (Å²) in [7, 11) is 0. The normalized spacial score (nSPS) is 15.7. The number of hydrogen-bond acceptors (Lipinski definition) is 3. The third-order valence-corrected chi connectivity index (χ3v) is 5.22. The monoisotopic (exact) mass is 351 g/mol. The fourth-order valence-corrected chi connectivity index (χ4v) is 3.48. The number of pyridine rings is 1. The molecule has 1 N–H and O–H groups in total. The summed E-state index contributed by atoms with van der Waals surface area (Å²) >= 11 is 0. The average Bonchev–Trinajstić information content (AvgIpc) is 2.91. The van der Waals surface area contributed by atoms with Crippen molar-refractivity contribution >= 4 is 5.82 Å². The molecule has 1 fully saturated rings. The summed E-state index contributed by atoms with van der Waals surface area (Å²) in [5.74, 6) is 1.13. The van der Waals surface area contributed by atoms with Crippen LogP contribution in [0.25, 0.3) is 0 Å². The Balaban J connectivity index is 1.49. The molecule has 0 spiro atoms. The van der Waals surface area contributed by atoms with Gasteiger partial charge in [-0.3, -0.25) is 0 Å². The molecule has 1 aromatic heterocycles. The Bertz CT molecular complexity index is 660. The van der Waals surface area contributed by atoms with E-state index in [1.54, 1.807) is 0 Å². The van der Waals surface area contributed by atoms with Crippen molar-refractivity contribution in [2.45, 2.75) is 65.0 Å². The molecule has 1 aromatic carbocycles. The van der Waals surface area contributed by atoms with Crippen molar-refractivity contribution in [3.05, 3.63) is 59.3 Å². The molecule has 2 aromatic rings. The van der Waals surface area contributed by atoms with E-state index in [1.165, 1.54) is 42.4 Å². The van der Waals surface area contributed by atoms with Crippen LogP contribution in [0.1, 0.15) is 63.1 Å². The smallest absolute Gasteiger partial charge is 0.128 e. The SMILES string of the molecule is CC(C)(C)c1ccc(CNCc2ccc(N3CCCCCC3)nc2)cc1. The molecule has 2 heterocycles. The van der Waals surface area contributed by atoms with Crippen LogP contribution in [0.4, 0.5) is 5.82 Å². The van der Waals surface area contributed by atoms with Crippen LogP contribution in [-0.2, 0) is 18.5 Å². The molecular weight excluding hydrogens is 318 g/mol. The first kappa shape index (κ1) is 18.9. The summed E-state index contributed by atoms with van der Waals surface area (Å²) < 4.78 is 0. The standard InChI is InChI=1S/C23H33N3/c1-23(2,3)21-11-8-19(9-12-21)16-24-17-20-10-13-22(25-18-20)26-14-6-4-5-7-15-26/h8-13,18,24H,4-7,14-17H2,1-3H3. The number of aromatic nitrogens is 1. The van der Waals surface area contributed by atoms with Crippen molar-refractivity contribution in [1.29, 1.82) is 0 Å². The highest BCUT2D eigenvalue weighted by atomic mass is 15.2. The minimum absolute atomic E-state index is 0.215. The van der Waals surface area contributed by atoms with Crippen LogP contribution in [0.3, 0.4) is 0 Å². The Morgan fingerprint density at radius 1 is 0.846 bits per heavy atom. The summed E-state index contributed by atoms with van der Waals surface area (Å²) in [5.41, 5.74) is 4.17. The van der Waals surface area contributed by atoms with Crippen LogP contribution in [0.5, 0.6) is 0 Å². The first-order valence-corrected chi connectivity index (χ1v) is 10.0. The molecule has 0 aliphatic carbocycles. The number of rotatable bonds is 5. The van der Waals surface area contributed by atoms with Gasteiger partial charge in [-0.2, -0.15) is 0 Å². The van der Waals surface area contributed by atoms with Crippen molar-refractivity contribution in [2.24, 2.45) is 0 Å². The number of nitrogens with one attached hydrogen (secondary N) is 1. The van der Waals surface area contributed by atoms with Gasteiger partial charge >= 0.3 is 0 Å². The second-order valence-corrected chi connectivity index (χ2v) is 8.48. The van der Waals surface area contributed by atoms with E-state index >= 15 is 0 Å². The van der Waals surface area contributed by atoms with Gasteiger partial charge in [0.15, 0.2) is 0 Å². The zero-order chi connectivity index (χ0) is 18.4. The Hall–Kier alpha value is -1.87. The van der Waals surface area contributed by atoms with Crippen LogP contribution in [0.2, 0.25) is 0 Å². The molecular formula is C23H33N3. The topological polar surface area (TPSA) is 28.2 Å². The van der Waals surface area contributed by atoms with Crippen molar-refractivity contribution < 1.29 is 0 Å². The highest BCUT2D eigenvalue weighted by Gasteiger charge is 2.13. The molecule has 1 aliphatic heterocycles. The van der Waals surface area contributed by atoms with Crippen LogP contribution in [0.15, 0.2) is 42.6 Å². The zero-order valence-corrected chi connectivity index (χ0v) is 16.6. The maximum atomic E-state index is 4.69. The van der Waals surface area contributed by atoms with Crippen LogP contribution < -0.4 is 10.2 Å². The lowest BCUT2D eigenvalue weighted by molar-refractivity contribution is 0.589. The Morgan fingerprint density at radius 2 is 1.46 bits per heavy atom. The summed E-state index contributed by atoms with van der Waals surface area (Å²) in [6, 6.07) is 13.3. The Labute approximate surface area is 158 Å². The highest BCUT2D eigenvalue weighted by molar-refractivity contribution is 5.39. The molecule has 140 valence electrons. The van der Waals surface area contributed by atoms with E-state index in [9.17, 15) is 0 Å². The number of anilines is 1. The lowest BCUT2D eigenvalue weighted by Crippen LogP contribution is -2.24. The lowest BCUT2D eigenvalue weighted by atomic mass is 9.87. The van der Waals surface area contributed by atoms with Gasteiger partial charge in [-0.05, 0) is 41.0 Å². The Morgan fingerprint density at radius 3 is 2.04 bits per heavy atom. The lowest BCUT2D eigenvalue weighted by Gasteiger charge is -2.21. The summed E-state index contributed by atoms with van der Waals surface area (Å²) in [4.78, 5) is 7.13. The van der Waals surface area contributed by atoms with Gasteiger partial charge in [0.1, 0.15) is 5.82 Å². The molecule has 26 heavy (non-hydrogen) atoms. The van der Waals surface area contributed by atoms with Gasteiger partial charge < -0.3 is 10.2 Å². The number of nitrogens with zero attached hydrogens (tertiary/aromatic N) is 2. The number of hydrogen-bond donors (Lipinski definition) is 1. The summed E-state index contributed by atoms with van der Waals surface area (Å²) in [6.07, 6.45) is 7.32. The highest BCUT2D eigenvalue weighted by Crippen LogP contribution is 2.22. The maximum Gasteiger partial charge on any atom is 0.128 e. The van der Waals surface area contributed by atoms with Crippen LogP contribution in [-0.4, -0.2) is 18.1 Å². The Kier molecular flexibility index (Phi) is 6.31. The van der Waals surface area contributed by atoms with E-state index in [2.05, 4.69) is 67.4 Å². The molecule has 3 nitrogen and oxygen atoms in total.